The van der Waals surface area contributed by atoms with Crippen molar-refractivity contribution < 1.29 is 18.5 Å². The zero-order chi connectivity index (χ0) is 11.0. The molecule has 1 aromatic carbocycles. The molecule has 1 aromatic heterocycles. The van der Waals surface area contributed by atoms with Gasteiger partial charge in [-0.3, -0.25) is 0 Å². The zero-order valence-corrected chi connectivity index (χ0v) is 7.87. The largest absolute Gasteiger partial charge is 0.356 e. The van der Waals surface area contributed by atoms with E-state index in [2.05, 4.69) is 9.68 Å². The molecule has 0 amide bonds. The summed E-state index contributed by atoms with van der Waals surface area (Å²) in [5.41, 5.74) is -0.162. The highest BCUT2D eigenvalue weighted by atomic mass is 19.1. The van der Waals surface area contributed by atoms with E-state index in [1.807, 2.05) is 0 Å². The predicted octanol–water partition coefficient (Wildman–Crippen LogP) is 1.93. The van der Waals surface area contributed by atoms with Gasteiger partial charge >= 0.3 is 0 Å². The molecule has 1 N–H and O–H groups in total. The fourth-order valence-corrected chi connectivity index (χ4v) is 1.36. The summed E-state index contributed by atoms with van der Waals surface area (Å²) in [5, 5.41) is 13.1. The first-order valence-electron chi connectivity index (χ1n) is 4.21. The fourth-order valence-electron chi connectivity index (χ4n) is 1.36. The lowest BCUT2D eigenvalue weighted by molar-refractivity contribution is -0.0745. The molecule has 6 heteroatoms. The van der Waals surface area contributed by atoms with Crippen molar-refractivity contribution in [1.29, 1.82) is 0 Å². The van der Waals surface area contributed by atoms with Crippen LogP contribution in [0.1, 0.15) is 5.56 Å². The molecule has 0 aliphatic rings. The summed E-state index contributed by atoms with van der Waals surface area (Å²) in [6.45, 7) is -0.237. The topological polar surface area (TPSA) is 49.5 Å². The number of hydrogen-bond donors (Lipinski definition) is 1. The second-order valence-corrected chi connectivity index (χ2v) is 3.20. The van der Waals surface area contributed by atoms with Gasteiger partial charge in [0.2, 0.25) is 0 Å². The number of fused-ring (bicyclic) bond motifs is 1. The Morgan fingerprint density at radius 3 is 2.93 bits per heavy atom. The molecule has 0 radical (unpaired) electrons. The van der Waals surface area contributed by atoms with Crippen LogP contribution in [0.15, 0.2) is 16.8 Å². The van der Waals surface area contributed by atoms with Crippen LogP contribution in [0.3, 0.4) is 0 Å². The van der Waals surface area contributed by atoms with Gasteiger partial charge in [-0.1, -0.05) is 5.16 Å². The minimum atomic E-state index is -0.766. The first kappa shape index (κ1) is 10.0. The number of halogens is 2. The van der Waals surface area contributed by atoms with Gasteiger partial charge in [-0.15, -0.1) is 0 Å². The van der Waals surface area contributed by atoms with E-state index >= 15 is 0 Å². The van der Waals surface area contributed by atoms with Gasteiger partial charge in [-0.25, -0.2) is 8.78 Å². The second kappa shape index (κ2) is 3.56. The maximum absolute atomic E-state index is 13.6. The summed E-state index contributed by atoms with van der Waals surface area (Å²) in [4.78, 5) is 0. The summed E-state index contributed by atoms with van der Waals surface area (Å²) in [6.07, 6.45) is 1.17. The number of hydrogen-bond acceptors (Lipinski definition) is 4. The van der Waals surface area contributed by atoms with E-state index in [1.165, 1.54) is 13.2 Å². The van der Waals surface area contributed by atoms with Gasteiger partial charge in [0, 0.05) is 18.7 Å². The Morgan fingerprint density at radius 2 is 2.27 bits per heavy atom. The van der Waals surface area contributed by atoms with Crippen LogP contribution in [0.5, 0.6) is 0 Å². The van der Waals surface area contributed by atoms with Crippen LogP contribution < -0.4 is 0 Å². The normalized spacial score (nSPS) is 11.5. The van der Waals surface area contributed by atoms with Gasteiger partial charge in [0.05, 0.1) is 18.1 Å². The highest BCUT2D eigenvalue weighted by molar-refractivity contribution is 5.77. The number of benzene rings is 1. The lowest BCUT2D eigenvalue weighted by Gasteiger charge is -2.09. The molecule has 1 heterocycles. The van der Waals surface area contributed by atoms with E-state index in [0.717, 1.165) is 6.07 Å². The molecular formula is C9H8F2N2O2. The van der Waals surface area contributed by atoms with E-state index in [0.29, 0.717) is 5.06 Å². The minimum Gasteiger partial charge on any atom is -0.356 e. The Bertz CT molecular complexity index is 496. The molecule has 2 rings (SSSR count). The number of nitrogens with zero attached hydrogens (tertiary/aromatic N) is 2. The van der Waals surface area contributed by atoms with Gasteiger partial charge in [0.15, 0.2) is 5.58 Å². The van der Waals surface area contributed by atoms with Gasteiger partial charge in [0.1, 0.15) is 11.6 Å². The van der Waals surface area contributed by atoms with Crippen molar-refractivity contribution in [3.05, 3.63) is 29.5 Å². The molecule has 0 spiro atoms. The molecule has 15 heavy (non-hydrogen) atoms. The van der Waals surface area contributed by atoms with Crippen LogP contribution >= 0.6 is 0 Å². The van der Waals surface area contributed by atoms with Crippen molar-refractivity contribution in [2.45, 2.75) is 6.54 Å². The van der Waals surface area contributed by atoms with E-state index < -0.39 is 11.6 Å². The molecule has 80 valence electrons. The van der Waals surface area contributed by atoms with Crippen molar-refractivity contribution in [2.24, 2.45) is 0 Å². The molecule has 0 saturated heterocycles. The number of rotatable bonds is 2. The molecule has 0 atom stereocenters. The molecule has 0 aliphatic heterocycles. The average molecular weight is 214 g/mol. The van der Waals surface area contributed by atoms with Crippen LogP contribution in [0.2, 0.25) is 0 Å². The SMILES string of the molecule is CN(O)Cc1c(F)cc2oncc2c1F. The third kappa shape index (κ3) is 1.69. The van der Waals surface area contributed by atoms with Crippen molar-refractivity contribution in [3.63, 3.8) is 0 Å². The molecule has 0 unspecified atom stereocenters. The van der Waals surface area contributed by atoms with Gasteiger partial charge in [0.25, 0.3) is 0 Å². The Morgan fingerprint density at radius 1 is 1.53 bits per heavy atom. The van der Waals surface area contributed by atoms with Crippen LogP contribution in [0.4, 0.5) is 8.78 Å². The maximum atomic E-state index is 13.6. The van der Waals surface area contributed by atoms with Crippen LogP contribution in [-0.2, 0) is 6.54 Å². The highest BCUT2D eigenvalue weighted by Crippen LogP contribution is 2.24. The zero-order valence-electron chi connectivity index (χ0n) is 7.87. The summed E-state index contributed by atoms with van der Waals surface area (Å²) < 4.78 is 31.6. The van der Waals surface area contributed by atoms with Crippen LogP contribution in [-0.4, -0.2) is 22.5 Å². The first-order chi connectivity index (χ1) is 7.09. The standard InChI is InChI=1S/C9H8F2N2O2/c1-13(14)4-6-7(10)2-8-5(9(6)11)3-12-15-8/h2-3,14H,4H2,1H3. The third-order valence-electron chi connectivity index (χ3n) is 2.03. The maximum Gasteiger partial charge on any atom is 0.172 e. The summed E-state index contributed by atoms with van der Waals surface area (Å²) in [7, 11) is 1.30. The van der Waals surface area contributed by atoms with Gasteiger partial charge < -0.3 is 9.73 Å². The van der Waals surface area contributed by atoms with Crippen molar-refractivity contribution in [3.8, 4) is 0 Å². The molecule has 0 aliphatic carbocycles. The second-order valence-electron chi connectivity index (χ2n) is 3.20. The Labute approximate surface area is 83.6 Å². The quantitative estimate of drug-likeness (QED) is 0.776. The lowest BCUT2D eigenvalue weighted by atomic mass is 10.1. The predicted molar refractivity (Wildman–Crippen MR) is 47.2 cm³/mol. The third-order valence-corrected chi connectivity index (χ3v) is 2.03. The Hall–Kier alpha value is -1.53. The van der Waals surface area contributed by atoms with E-state index in [-0.39, 0.29) is 23.1 Å². The van der Waals surface area contributed by atoms with Crippen LogP contribution in [0, 0.1) is 11.6 Å². The Kier molecular flexibility index (Phi) is 2.37. The van der Waals surface area contributed by atoms with Gasteiger partial charge in [-0.2, -0.15) is 5.06 Å². The van der Waals surface area contributed by atoms with Crippen molar-refractivity contribution in [2.75, 3.05) is 7.05 Å². The molecule has 4 nitrogen and oxygen atoms in total. The van der Waals surface area contributed by atoms with E-state index in [9.17, 15) is 8.78 Å². The summed E-state index contributed by atoms with van der Waals surface area (Å²) in [5.74, 6) is -1.52. The number of hydroxylamine groups is 2. The summed E-state index contributed by atoms with van der Waals surface area (Å²) >= 11 is 0. The molecular weight excluding hydrogens is 206 g/mol. The monoisotopic (exact) mass is 214 g/mol. The minimum absolute atomic E-state index is 0.0503. The Balaban J connectivity index is 2.61. The molecule has 0 saturated carbocycles. The van der Waals surface area contributed by atoms with Crippen LogP contribution in [0.25, 0.3) is 11.0 Å². The van der Waals surface area contributed by atoms with Crippen molar-refractivity contribution >= 4 is 11.0 Å². The fraction of sp³-hybridized carbons (Fsp3) is 0.222. The van der Waals surface area contributed by atoms with E-state index in [1.54, 1.807) is 0 Å². The first-order valence-corrected chi connectivity index (χ1v) is 4.21. The molecule has 2 aromatic rings. The molecule has 0 fully saturated rings. The highest BCUT2D eigenvalue weighted by Gasteiger charge is 2.16. The van der Waals surface area contributed by atoms with Crippen molar-refractivity contribution in [1.82, 2.24) is 10.2 Å². The summed E-state index contributed by atoms with van der Waals surface area (Å²) in [6, 6.07) is 1.05. The lowest BCUT2D eigenvalue weighted by Crippen LogP contribution is -2.14. The number of aromatic nitrogens is 1. The molecule has 0 bridgehead atoms. The average Bonchev–Trinajstić information content (AvgIpc) is 2.59. The smallest absolute Gasteiger partial charge is 0.172 e. The van der Waals surface area contributed by atoms with Gasteiger partial charge in [-0.05, 0) is 0 Å². The van der Waals surface area contributed by atoms with E-state index in [4.69, 9.17) is 5.21 Å².